The van der Waals surface area contributed by atoms with Crippen molar-refractivity contribution in [2.24, 2.45) is 0 Å². The van der Waals surface area contributed by atoms with Gasteiger partial charge in [0.05, 0.1) is 5.69 Å². The van der Waals surface area contributed by atoms with Gasteiger partial charge in [-0.2, -0.15) is 4.39 Å². The summed E-state index contributed by atoms with van der Waals surface area (Å²) in [6.07, 6.45) is 0. The Balaban J connectivity index is 2.43. The molecule has 120 valence electrons. The van der Waals surface area contributed by atoms with Crippen LogP contribution in [0.25, 0.3) is 11.3 Å². The summed E-state index contributed by atoms with van der Waals surface area (Å²) >= 11 is 1.03. The van der Waals surface area contributed by atoms with Crippen molar-refractivity contribution in [3.05, 3.63) is 34.2 Å². The maximum atomic E-state index is 14.3. The average molecular weight is 324 g/mol. The number of aromatic nitrogens is 1. The molecule has 2 aromatic rings. The van der Waals surface area contributed by atoms with Crippen LogP contribution in [0.15, 0.2) is 18.2 Å². The van der Waals surface area contributed by atoms with Gasteiger partial charge in [-0.1, -0.05) is 38.2 Å². The highest BCUT2D eigenvalue weighted by Gasteiger charge is 2.23. The van der Waals surface area contributed by atoms with Gasteiger partial charge in [0, 0.05) is 24.1 Å². The van der Waals surface area contributed by atoms with E-state index >= 15 is 0 Å². The van der Waals surface area contributed by atoms with Crippen LogP contribution in [0, 0.1) is 10.9 Å². The van der Waals surface area contributed by atoms with Crippen molar-refractivity contribution in [3.8, 4) is 11.3 Å². The first-order valence-corrected chi connectivity index (χ1v) is 8.31. The Kier molecular flexibility index (Phi) is 4.85. The highest BCUT2D eigenvalue weighted by Crippen LogP contribution is 2.34. The SMILES string of the molecule is CCN(CC)c1ccc(-c2nc(C(C)(C)C)sc2F)cc1F. The van der Waals surface area contributed by atoms with Crippen molar-refractivity contribution in [2.45, 2.75) is 40.0 Å². The fourth-order valence-electron chi connectivity index (χ4n) is 2.28. The molecule has 0 radical (unpaired) electrons. The van der Waals surface area contributed by atoms with Crippen molar-refractivity contribution in [2.75, 3.05) is 18.0 Å². The number of halogens is 2. The van der Waals surface area contributed by atoms with Crippen molar-refractivity contribution < 1.29 is 8.78 Å². The molecule has 0 fully saturated rings. The Hall–Kier alpha value is -1.49. The Labute approximate surface area is 134 Å². The molecule has 0 atom stereocenters. The molecule has 2 nitrogen and oxygen atoms in total. The largest absolute Gasteiger partial charge is 0.370 e. The first-order chi connectivity index (χ1) is 10.3. The molecule has 5 heteroatoms. The number of rotatable bonds is 4. The fourth-order valence-corrected chi connectivity index (χ4v) is 3.15. The van der Waals surface area contributed by atoms with Crippen molar-refractivity contribution in [1.82, 2.24) is 4.98 Å². The van der Waals surface area contributed by atoms with E-state index in [4.69, 9.17) is 0 Å². The zero-order valence-corrected chi connectivity index (χ0v) is 14.5. The summed E-state index contributed by atoms with van der Waals surface area (Å²) in [6.45, 7) is 11.4. The van der Waals surface area contributed by atoms with Crippen LogP contribution in [-0.2, 0) is 5.41 Å². The summed E-state index contributed by atoms with van der Waals surface area (Å²) in [6, 6.07) is 4.81. The zero-order chi connectivity index (χ0) is 16.5. The second kappa shape index (κ2) is 6.32. The second-order valence-electron chi connectivity index (χ2n) is 6.23. The van der Waals surface area contributed by atoms with E-state index < -0.39 is 0 Å². The lowest BCUT2D eigenvalue weighted by Crippen LogP contribution is -2.22. The van der Waals surface area contributed by atoms with E-state index in [1.807, 2.05) is 39.5 Å². The lowest BCUT2D eigenvalue weighted by Gasteiger charge is -2.21. The third-order valence-corrected chi connectivity index (χ3v) is 4.82. The predicted molar refractivity (Wildman–Crippen MR) is 89.7 cm³/mol. The van der Waals surface area contributed by atoms with Gasteiger partial charge < -0.3 is 4.90 Å². The standard InChI is InChI=1S/C17H22F2N2S/c1-6-21(7-2)13-9-8-11(10-12(13)18)14-15(19)22-16(20-14)17(3,4)5/h8-10H,6-7H2,1-5H3. The van der Waals surface area contributed by atoms with Crippen LogP contribution >= 0.6 is 11.3 Å². The molecule has 2 rings (SSSR count). The highest BCUT2D eigenvalue weighted by atomic mass is 32.1. The number of hydrogen-bond acceptors (Lipinski definition) is 3. The molecule has 0 saturated heterocycles. The van der Waals surface area contributed by atoms with Crippen molar-refractivity contribution >= 4 is 17.0 Å². The summed E-state index contributed by atoms with van der Waals surface area (Å²) in [4.78, 5) is 6.30. The number of hydrogen-bond donors (Lipinski definition) is 0. The van der Waals surface area contributed by atoms with Gasteiger partial charge in [0.25, 0.3) is 0 Å². The molecule has 0 aliphatic heterocycles. The fraction of sp³-hybridized carbons (Fsp3) is 0.471. The molecule has 0 unspecified atom stereocenters. The van der Waals surface area contributed by atoms with Crippen LogP contribution in [0.1, 0.15) is 39.6 Å². The quantitative estimate of drug-likeness (QED) is 0.765. The van der Waals surface area contributed by atoms with Crippen LogP contribution < -0.4 is 4.90 Å². The molecule has 0 spiro atoms. The molecule has 0 aliphatic carbocycles. The summed E-state index contributed by atoms with van der Waals surface area (Å²) in [7, 11) is 0. The molecule has 1 heterocycles. The van der Waals surface area contributed by atoms with E-state index in [9.17, 15) is 8.78 Å². The van der Waals surface area contributed by atoms with E-state index in [-0.39, 0.29) is 22.1 Å². The molecule has 0 N–H and O–H groups in total. The average Bonchev–Trinajstić information content (AvgIpc) is 2.84. The van der Waals surface area contributed by atoms with Crippen molar-refractivity contribution in [1.29, 1.82) is 0 Å². The maximum absolute atomic E-state index is 14.3. The van der Waals surface area contributed by atoms with Gasteiger partial charge in [-0.15, -0.1) is 0 Å². The minimum atomic E-state index is -0.361. The topological polar surface area (TPSA) is 16.1 Å². The summed E-state index contributed by atoms with van der Waals surface area (Å²) < 4.78 is 28.5. The molecule has 22 heavy (non-hydrogen) atoms. The van der Waals surface area contributed by atoms with Gasteiger partial charge >= 0.3 is 0 Å². The van der Waals surface area contributed by atoms with Gasteiger partial charge in [0.1, 0.15) is 16.5 Å². The van der Waals surface area contributed by atoms with E-state index in [1.54, 1.807) is 12.1 Å². The van der Waals surface area contributed by atoms with Crippen LogP contribution in [0.4, 0.5) is 14.5 Å². The third kappa shape index (κ3) is 3.29. The number of anilines is 1. The third-order valence-electron chi connectivity index (χ3n) is 3.55. The summed E-state index contributed by atoms with van der Waals surface area (Å²) in [5.41, 5.74) is 1.04. The minimum Gasteiger partial charge on any atom is -0.370 e. The summed E-state index contributed by atoms with van der Waals surface area (Å²) in [5, 5.41) is 0.355. The molecule has 0 bridgehead atoms. The first-order valence-electron chi connectivity index (χ1n) is 7.49. The highest BCUT2D eigenvalue weighted by molar-refractivity contribution is 7.10. The molecule has 1 aromatic heterocycles. The molecular weight excluding hydrogens is 302 g/mol. The zero-order valence-electron chi connectivity index (χ0n) is 13.7. The maximum Gasteiger partial charge on any atom is 0.204 e. The smallest absolute Gasteiger partial charge is 0.204 e. The Morgan fingerprint density at radius 1 is 1.14 bits per heavy atom. The lowest BCUT2D eigenvalue weighted by molar-refractivity contribution is 0.586. The van der Waals surface area contributed by atoms with E-state index in [0.29, 0.717) is 16.3 Å². The van der Waals surface area contributed by atoms with Gasteiger partial charge in [0.15, 0.2) is 0 Å². The van der Waals surface area contributed by atoms with Crippen LogP contribution in [0.3, 0.4) is 0 Å². The predicted octanol–water partition coefficient (Wildman–Crippen LogP) is 5.23. The van der Waals surface area contributed by atoms with Crippen LogP contribution in [0.5, 0.6) is 0 Å². The van der Waals surface area contributed by atoms with Crippen molar-refractivity contribution in [3.63, 3.8) is 0 Å². The van der Waals surface area contributed by atoms with Gasteiger partial charge in [-0.05, 0) is 26.0 Å². The van der Waals surface area contributed by atoms with E-state index in [2.05, 4.69) is 4.98 Å². The normalized spacial score (nSPS) is 11.8. The molecule has 0 amide bonds. The Bertz CT molecular complexity index is 655. The van der Waals surface area contributed by atoms with E-state index in [0.717, 1.165) is 24.4 Å². The van der Waals surface area contributed by atoms with Gasteiger partial charge in [0.2, 0.25) is 5.13 Å². The van der Waals surface area contributed by atoms with Crippen LogP contribution in [-0.4, -0.2) is 18.1 Å². The van der Waals surface area contributed by atoms with E-state index in [1.165, 1.54) is 6.07 Å². The van der Waals surface area contributed by atoms with Crippen LogP contribution in [0.2, 0.25) is 0 Å². The summed E-state index contributed by atoms with van der Waals surface area (Å²) in [5.74, 6) is -0.342. The number of nitrogens with zero attached hydrogens (tertiary/aromatic N) is 2. The molecule has 0 saturated carbocycles. The molecule has 0 aliphatic rings. The van der Waals surface area contributed by atoms with Gasteiger partial charge in [-0.25, -0.2) is 9.37 Å². The minimum absolute atomic E-state index is 0.219. The monoisotopic (exact) mass is 324 g/mol. The molecule has 1 aromatic carbocycles. The number of benzene rings is 1. The number of thiazole rings is 1. The van der Waals surface area contributed by atoms with Gasteiger partial charge in [-0.3, -0.25) is 0 Å². The Morgan fingerprint density at radius 2 is 1.77 bits per heavy atom. The lowest BCUT2D eigenvalue weighted by atomic mass is 9.98. The Morgan fingerprint density at radius 3 is 2.23 bits per heavy atom. The molecular formula is C17H22F2N2S. The first kappa shape index (κ1) is 16.9. The second-order valence-corrected chi connectivity index (χ2v) is 7.18.